The first-order valence-corrected chi connectivity index (χ1v) is 8.97. The van der Waals surface area contributed by atoms with Gasteiger partial charge in [0.2, 0.25) is 0 Å². The summed E-state index contributed by atoms with van der Waals surface area (Å²) in [6.45, 7) is 12.2. The summed E-state index contributed by atoms with van der Waals surface area (Å²) in [7, 11) is 0. The van der Waals surface area contributed by atoms with Crippen molar-refractivity contribution in [2.24, 2.45) is 5.92 Å². The normalized spacial score (nSPS) is 15.3. The summed E-state index contributed by atoms with van der Waals surface area (Å²) < 4.78 is 1.17. The van der Waals surface area contributed by atoms with Crippen molar-refractivity contribution in [2.45, 2.75) is 59.0 Å². The maximum absolute atomic E-state index is 3.64. The Morgan fingerprint density at radius 3 is 2.57 bits per heavy atom. The third-order valence-corrected chi connectivity index (χ3v) is 4.36. The lowest BCUT2D eigenvalue weighted by molar-refractivity contribution is 0.424. The van der Waals surface area contributed by atoms with E-state index in [0.29, 0.717) is 0 Å². The highest BCUT2D eigenvalue weighted by Gasteiger charge is 2.25. The zero-order valence-corrected chi connectivity index (χ0v) is 15.5. The SMILES string of the molecule is CCCN(CC1CC1)c1cc(Br)ccc1CNC(C)(C)C. The molecule has 1 fully saturated rings. The molecule has 0 aromatic heterocycles. The Bertz CT molecular complexity index is 461. The molecule has 1 aliphatic rings. The molecule has 0 unspecified atom stereocenters. The fourth-order valence-corrected chi connectivity index (χ4v) is 2.88. The van der Waals surface area contributed by atoms with Crippen molar-refractivity contribution in [3.8, 4) is 0 Å². The van der Waals surface area contributed by atoms with Crippen molar-refractivity contribution in [2.75, 3.05) is 18.0 Å². The minimum atomic E-state index is 0.149. The lowest BCUT2D eigenvalue weighted by Crippen LogP contribution is -2.36. The molecule has 1 aromatic rings. The molecular formula is C18H29BrN2. The first-order chi connectivity index (χ1) is 9.89. The van der Waals surface area contributed by atoms with E-state index >= 15 is 0 Å². The Kier molecular flexibility index (Phi) is 5.73. The monoisotopic (exact) mass is 352 g/mol. The molecule has 0 amide bonds. The van der Waals surface area contributed by atoms with Gasteiger partial charge in [0.25, 0.3) is 0 Å². The number of nitrogens with zero attached hydrogens (tertiary/aromatic N) is 1. The second kappa shape index (κ2) is 7.15. The molecule has 1 aliphatic carbocycles. The van der Waals surface area contributed by atoms with E-state index in [0.717, 1.165) is 19.0 Å². The maximum Gasteiger partial charge on any atom is 0.0423 e. The summed E-state index contributed by atoms with van der Waals surface area (Å²) in [6, 6.07) is 6.70. The standard InChI is InChI=1S/C18H29BrN2/c1-5-10-21(13-14-6-7-14)17-11-16(19)9-8-15(17)12-20-18(2,3)4/h8-9,11,14,20H,5-7,10,12-13H2,1-4H3. The molecule has 1 aromatic carbocycles. The van der Waals surface area contributed by atoms with Crippen molar-refractivity contribution >= 4 is 21.6 Å². The highest BCUT2D eigenvalue weighted by atomic mass is 79.9. The Morgan fingerprint density at radius 2 is 2.00 bits per heavy atom. The Hall–Kier alpha value is -0.540. The first-order valence-electron chi connectivity index (χ1n) is 8.17. The maximum atomic E-state index is 3.64. The number of benzene rings is 1. The van der Waals surface area contributed by atoms with Crippen LogP contribution >= 0.6 is 15.9 Å². The van der Waals surface area contributed by atoms with Gasteiger partial charge in [0.05, 0.1) is 0 Å². The van der Waals surface area contributed by atoms with Crippen LogP contribution in [0, 0.1) is 5.92 Å². The molecule has 0 heterocycles. The zero-order valence-electron chi connectivity index (χ0n) is 13.9. The van der Waals surface area contributed by atoms with Crippen molar-refractivity contribution in [1.29, 1.82) is 0 Å². The number of halogens is 1. The van der Waals surface area contributed by atoms with Gasteiger partial charge in [0, 0.05) is 35.3 Å². The van der Waals surface area contributed by atoms with Crippen molar-refractivity contribution < 1.29 is 0 Å². The molecule has 1 saturated carbocycles. The number of anilines is 1. The highest BCUT2D eigenvalue weighted by Crippen LogP contribution is 2.33. The van der Waals surface area contributed by atoms with Gasteiger partial charge in [-0.3, -0.25) is 0 Å². The fourth-order valence-electron chi connectivity index (χ4n) is 2.53. The predicted molar refractivity (Wildman–Crippen MR) is 96.0 cm³/mol. The Labute approximate surface area is 138 Å². The van der Waals surface area contributed by atoms with Crippen LogP contribution < -0.4 is 10.2 Å². The predicted octanol–water partition coefficient (Wildman–Crippen LogP) is 4.96. The van der Waals surface area contributed by atoms with Crippen molar-refractivity contribution in [3.05, 3.63) is 28.2 Å². The Morgan fingerprint density at radius 1 is 1.29 bits per heavy atom. The van der Waals surface area contributed by atoms with E-state index in [1.54, 1.807) is 0 Å². The summed E-state index contributed by atoms with van der Waals surface area (Å²) in [6.07, 6.45) is 4.01. The molecule has 0 aliphatic heterocycles. The molecule has 2 rings (SSSR count). The van der Waals surface area contributed by atoms with Crippen LogP contribution in [0.1, 0.15) is 52.5 Å². The van der Waals surface area contributed by atoms with Crippen LogP contribution in [0.2, 0.25) is 0 Å². The Balaban J connectivity index is 2.18. The third-order valence-electron chi connectivity index (χ3n) is 3.87. The number of hydrogen-bond acceptors (Lipinski definition) is 2. The van der Waals surface area contributed by atoms with E-state index in [1.807, 2.05) is 0 Å². The molecule has 0 spiro atoms. The summed E-state index contributed by atoms with van der Waals surface area (Å²) >= 11 is 3.64. The molecular weight excluding hydrogens is 324 g/mol. The molecule has 0 atom stereocenters. The lowest BCUT2D eigenvalue weighted by Gasteiger charge is -2.29. The smallest absolute Gasteiger partial charge is 0.0423 e. The third kappa shape index (κ3) is 5.63. The van der Waals surface area contributed by atoms with Crippen molar-refractivity contribution in [3.63, 3.8) is 0 Å². The number of hydrogen-bond donors (Lipinski definition) is 1. The largest absolute Gasteiger partial charge is 0.371 e. The highest BCUT2D eigenvalue weighted by molar-refractivity contribution is 9.10. The van der Waals surface area contributed by atoms with Gasteiger partial charge in [-0.05, 0) is 63.6 Å². The summed E-state index contributed by atoms with van der Waals surface area (Å²) in [4.78, 5) is 2.59. The topological polar surface area (TPSA) is 15.3 Å². The van der Waals surface area contributed by atoms with E-state index in [4.69, 9.17) is 0 Å². The minimum absolute atomic E-state index is 0.149. The van der Waals surface area contributed by atoms with Gasteiger partial charge in [0.1, 0.15) is 0 Å². The molecule has 0 saturated heterocycles. The average Bonchev–Trinajstić information content (AvgIpc) is 3.20. The first kappa shape index (κ1) is 16.8. The van der Waals surface area contributed by atoms with Gasteiger partial charge in [-0.2, -0.15) is 0 Å². The van der Waals surface area contributed by atoms with Gasteiger partial charge >= 0.3 is 0 Å². The van der Waals surface area contributed by atoms with Crippen LogP contribution in [0.25, 0.3) is 0 Å². The molecule has 3 heteroatoms. The minimum Gasteiger partial charge on any atom is -0.371 e. The number of rotatable bonds is 7. The number of nitrogens with one attached hydrogen (secondary N) is 1. The second-order valence-electron chi connectivity index (χ2n) is 7.27. The fraction of sp³-hybridized carbons (Fsp3) is 0.667. The van der Waals surface area contributed by atoms with Gasteiger partial charge in [-0.15, -0.1) is 0 Å². The van der Waals surface area contributed by atoms with Gasteiger partial charge in [0.15, 0.2) is 0 Å². The quantitative estimate of drug-likeness (QED) is 0.745. The summed E-state index contributed by atoms with van der Waals surface area (Å²) in [5.41, 5.74) is 2.95. The van der Waals surface area contributed by atoms with Crippen LogP contribution in [0.4, 0.5) is 5.69 Å². The lowest BCUT2D eigenvalue weighted by atomic mass is 10.1. The van der Waals surface area contributed by atoms with Crippen LogP contribution in [0.5, 0.6) is 0 Å². The van der Waals surface area contributed by atoms with E-state index in [1.165, 1.54) is 41.5 Å². The summed E-state index contributed by atoms with van der Waals surface area (Å²) in [5.74, 6) is 0.916. The average molecular weight is 353 g/mol. The molecule has 2 nitrogen and oxygen atoms in total. The van der Waals surface area contributed by atoms with Crippen LogP contribution in [0.15, 0.2) is 22.7 Å². The molecule has 0 radical (unpaired) electrons. The second-order valence-corrected chi connectivity index (χ2v) is 8.18. The van der Waals surface area contributed by atoms with Crippen LogP contribution in [-0.4, -0.2) is 18.6 Å². The van der Waals surface area contributed by atoms with Crippen LogP contribution in [-0.2, 0) is 6.54 Å². The van der Waals surface area contributed by atoms with E-state index in [9.17, 15) is 0 Å². The van der Waals surface area contributed by atoms with Crippen LogP contribution in [0.3, 0.4) is 0 Å². The van der Waals surface area contributed by atoms with Gasteiger partial charge in [-0.25, -0.2) is 0 Å². The van der Waals surface area contributed by atoms with Crippen molar-refractivity contribution in [1.82, 2.24) is 5.32 Å². The molecule has 1 N–H and O–H groups in total. The van der Waals surface area contributed by atoms with E-state index in [-0.39, 0.29) is 5.54 Å². The molecule has 118 valence electrons. The zero-order chi connectivity index (χ0) is 15.5. The van der Waals surface area contributed by atoms with E-state index in [2.05, 4.69) is 72.0 Å². The van der Waals surface area contributed by atoms with Gasteiger partial charge < -0.3 is 10.2 Å². The molecule has 0 bridgehead atoms. The summed E-state index contributed by atoms with van der Waals surface area (Å²) in [5, 5.41) is 3.62. The van der Waals surface area contributed by atoms with Gasteiger partial charge in [-0.1, -0.05) is 28.9 Å². The molecule has 21 heavy (non-hydrogen) atoms. The van der Waals surface area contributed by atoms with E-state index < -0.39 is 0 Å².